The minimum absolute atomic E-state index is 0.126. The smallest absolute Gasteiger partial charge is 0.269 e. The maximum Gasteiger partial charge on any atom is 0.269 e. The molecule has 9 heteroatoms. The Balaban J connectivity index is 1.41. The molecule has 2 aromatic heterocycles. The second-order valence-electron chi connectivity index (χ2n) is 6.68. The first-order chi connectivity index (χ1) is 12.0. The van der Waals surface area contributed by atoms with Crippen LogP contribution in [0.25, 0.3) is 0 Å². The van der Waals surface area contributed by atoms with Crippen molar-refractivity contribution in [1.82, 2.24) is 18.8 Å². The van der Waals surface area contributed by atoms with Gasteiger partial charge in [0.15, 0.2) is 0 Å². The van der Waals surface area contributed by atoms with Gasteiger partial charge in [-0.05, 0) is 18.1 Å². The fraction of sp³-hybridized carbons (Fsp3) is 0.500. The zero-order valence-corrected chi connectivity index (χ0v) is 15.6. The minimum atomic E-state index is -0.195. The third-order valence-electron chi connectivity index (χ3n) is 5.11. The van der Waals surface area contributed by atoms with Gasteiger partial charge in [0.25, 0.3) is 5.56 Å². The van der Waals surface area contributed by atoms with Crippen molar-refractivity contribution in [3.63, 3.8) is 0 Å². The van der Waals surface area contributed by atoms with Crippen molar-refractivity contribution < 1.29 is 4.79 Å². The summed E-state index contributed by atoms with van der Waals surface area (Å²) in [6, 6.07) is 0. The van der Waals surface area contributed by atoms with Crippen molar-refractivity contribution in [3.8, 4) is 0 Å². The largest absolute Gasteiger partial charge is 0.346 e. The molecular weight excluding hydrogens is 362 g/mol. The summed E-state index contributed by atoms with van der Waals surface area (Å²) in [5, 5.41) is 1.17. The fourth-order valence-corrected chi connectivity index (χ4v) is 4.32. The molecular formula is C16H18ClN5O2S. The van der Waals surface area contributed by atoms with E-state index in [4.69, 9.17) is 11.6 Å². The first-order valence-electron chi connectivity index (χ1n) is 8.12. The van der Waals surface area contributed by atoms with Crippen LogP contribution in [-0.4, -0.2) is 37.8 Å². The Hall–Kier alpha value is -1.93. The molecule has 0 aliphatic carbocycles. The third-order valence-corrected chi connectivity index (χ3v) is 6.28. The molecule has 1 fully saturated rings. The first-order valence-corrected chi connectivity index (χ1v) is 9.27. The van der Waals surface area contributed by atoms with Crippen molar-refractivity contribution in [2.45, 2.75) is 26.4 Å². The van der Waals surface area contributed by atoms with Crippen LogP contribution in [0, 0.1) is 12.8 Å². The number of halogens is 1. The molecule has 25 heavy (non-hydrogen) atoms. The Morgan fingerprint density at radius 2 is 2.16 bits per heavy atom. The lowest BCUT2D eigenvalue weighted by Crippen LogP contribution is -2.48. The zero-order valence-electron chi connectivity index (χ0n) is 14.0. The van der Waals surface area contributed by atoms with E-state index in [1.54, 1.807) is 17.9 Å². The average molecular weight is 380 g/mol. The molecule has 1 saturated heterocycles. The first kappa shape index (κ1) is 16.5. The monoisotopic (exact) mass is 379 g/mol. The van der Waals surface area contributed by atoms with E-state index in [-0.39, 0.29) is 16.5 Å². The van der Waals surface area contributed by atoms with Crippen molar-refractivity contribution in [1.29, 1.82) is 0 Å². The highest BCUT2D eigenvalue weighted by Crippen LogP contribution is 2.31. The van der Waals surface area contributed by atoms with Crippen LogP contribution in [0.4, 0.5) is 5.13 Å². The van der Waals surface area contributed by atoms with Gasteiger partial charge in [-0.1, -0.05) is 11.6 Å². The van der Waals surface area contributed by atoms with E-state index >= 15 is 0 Å². The van der Waals surface area contributed by atoms with Gasteiger partial charge in [-0.25, -0.2) is 4.98 Å². The Morgan fingerprint density at radius 1 is 1.40 bits per heavy atom. The SMILES string of the molecule is Cc1c2c(n(C)c(=O)c1Cl)CN(C(=O)CC1CN(c3ncns3)C1)C2. The van der Waals surface area contributed by atoms with E-state index in [1.165, 1.54) is 11.5 Å². The molecule has 2 aliphatic rings. The lowest BCUT2D eigenvalue weighted by Gasteiger charge is -2.39. The number of hydrogen-bond donors (Lipinski definition) is 0. The second-order valence-corrected chi connectivity index (χ2v) is 7.81. The highest BCUT2D eigenvalue weighted by atomic mass is 35.5. The van der Waals surface area contributed by atoms with E-state index in [1.807, 2.05) is 11.8 Å². The lowest BCUT2D eigenvalue weighted by molar-refractivity contribution is -0.133. The molecule has 2 aromatic rings. The summed E-state index contributed by atoms with van der Waals surface area (Å²) in [6.07, 6.45) is 2.07. The van der Waals surface area contributed by atoms with E-state index in [0.29, 0.717) is 25.4 Å². The molecule has 132 valence electrons. The van der Waals surface area contributed by atoms with Gasteiger partial charge in [-0.15, -0.1) is 0 Å². The molecule has 0 spiro atoms. The maximum absolute atomic E-state index is 12.7. The Bertz CT molecular complexity index is 889. The predicted octanol–water partition coefficient (Wildman–Crippen LogP) is 1.57. The topological polar surface area (TPSA) is 71.3 Å². The molecule has 4 heterocycles. The third kappa shape index (κ3) is 2.73. The zero-order chi connectivity index (χ0) is 17.7. The lowest BCUT2D eigenvalue weighted by atomic mass is 9.96. The normalized spacial score (nSPS) is 16.9. The highest BCUT2D eigenvalue weighted by Gasteiger charge is 2.34. The number of hydrogen-bond acceptors (Lipinski definition) is 6. The summed E-state index contributed by atoms with van der Waals surface area (Å²) in [5.74, 6) is 0.467. The molecule has 1 amide bonds. The molecule has 0 bridgehead atoms. The number of anilines is 1. The number of carbonyl (C=O) groups is 1. The van der Waals surface area contributed by atoms with E-state index in [9.17, 15) is 9.59 Å². The molecule has 0 saturated carbocycles. The van der Waals surface area contributed by atoms with Gasteiger partial charge in [0, 0.05) is 56.2 Å². The highest BCUT2D eigenvalue weighted by molar-refractivity contribution is 7.09. The summed E-state index contributed by atoms with van der Waals surface area (Å²) in [6.45, 7) is 4.53. The second kappa shape index (κ2) is 6.10. The summed E-state index contributed by atoms with van der Waals surface area (Å²) >= 11 is 7.50. The van der Waals surface area contributed by atoms with Crippen molar-refractivity contribution in [3.05, 3.63) is 38.5 Å². The number of carbonyl (C=O) groups excluding carboxylic acids is 1. The minimum Gasteiger partial charge on any atom is -0.346 e. The maximum atomic E-state index is 12.7. The van der Waals surface area contributed by atoms with Crippen LogP contribution in [0.5, 0.6) is 0 Å². The van der Waals surface area contributed by atoms with Gasteiger partial charge < -0.3 is 14.4 Å². The van der Waals surface area contributed by atoms with E-state index in [2.05, 4.69) is 14.3 Å². The van der Waals surface area contributed by atoms with Gasteiger partial charge in [-0.3, -0.25) is 9.59 Å². The van der Waals surface area contributed by atoms with Gasteiger partial charge in [0.05, 0.1) is 6.54 Å². The van der Waals surface area contributed by atoms with Crippen LogP contribution in [0.15, 0.2) is 11.1 Å². The van der Waals surface area contributed by atoms with Gasteiger partial charge in [-0.2, -0.15) is 4.37 Å². The number of pyridine rings is 1. The molecule has 4 rings (SSSR count). The van der Waals surface area contributed by atoms with E-state index in [0.717, 1.165) is 35.0 Å². The van der Waals surface area contributed by atoms with Crippen LogP contribution < -0.4 is 10.5 Å². The Morgan fingerprint density at radius 3 is 2.84 bits per heavy atom. The molecule has 0 N–H and O–H groups in total. The number of nitrogens with zero attached hydrogens (tertiary/aromatic N) is 5. The van der Waals surface area contributed by atoms with Crippen LogP contribution in [0.3, 0.4) is 0 Å². The summed E-state index contributed by atoms with van der Waals surface area (Å²) in [7, 11) is 1.71. The molecule has 0 unspecified atom stereocenters. The Labute approximate surface area is 154 Å². The van der Waals surface area contributed by atoms with Crippen LogP contribution in [0.1, 0.15) is 23.2 Å². The standard InChI is InChI=1S/C16H18ClN5O2S/c1-9-11-6-21(7-12(11)20(2)15(24)14(9)17)13(23)3-10-4-22(5-10)16-18-8-19-25-16/h8,10H,3-7H2,1-2H3. The molecule has 0 radical (unpaired) electrons. The summed E-state index contributed by atoms with van der Waals surface area (Å²) in [5.41, 5.74) is 2.49. The van der Waals surface area contributed by atoms with Crippen LogP contribution >= 0.6 is 23.1 Å². The van der Waals surface area contributed by atoms with Crippen LogP contribution in [-0.2, 0) is 24.9 Å². The Kier molecular flexibility index (Phi) is 4.04. The van der Waals surface area contributed by atoms with Gasteiger partial charge in [0.2, 0.25) is 11.0 Å². The van der Waals surface area contributed by atoms with Gasteiger partial charge >= 0.3 is 0 Å². The number of amides is 1. The van der Waals surface area contributed by atoms with Crippen molar-refractivity contribution >= 4 is 34.2 Å². The number of rotatable bonds is 3. The van der Waals surface area contributed by atoms with Crippen molar-refractivity contribution in [2.75, 3.05) is 18.0 Å². The predicted molar refractivity (Wildman–Crippen MR) is 95.9 cm³/mol. The van der Waals surface area contributed by atoms with Gasteiger partial charge in [0.1, 0.15) is 11.3 Å². The number of fused-ring (bicyclic) bond motifs is 1. The fourth-order valence-electron chi connectivity index (χ4n) is 3.53. The molecule has 0 aromatic carbocycles. The summed E-state index contributed by atoms with van der Waals surface area (Å²) < 4.78 is 5.57. The van der Waals surface area contributed by atoms with Crippen LogP contribution in [0.2, 0.25) is 5.02 Å². The molecule has 7 nitrogen and oxygen atoms in total. The quantitative estimate of drug-likeness (QED) is 0.809. The summed E-state index contributed by atoms with van der Waals surface area (Å²) in [4.78, 5) is 32.9. The number of aromatic nitrogens is 3. The molecule has 0 atom stereocenters. The van der Waals surface area contributed by atoms with Crippen molar-refractivity contribution in [2.24, 2.45) is 13.0 Å². The van der Waals surface area contributed by atoms with E-state index < -0.39 is 0 Å². The average Bonchev–Trinajstić information content (AvgIpc) is 3.23. The molecule has 2 aliphatic heterocycles.